The Hall–Kier alpha value is -3.71. The maximum atomic E-state index is 13.1. The Labute approximate surface area is 193 Å². The van der Waals surface area contributed by atoms with Crippen LogP contribution >= 0.6 is 0 Å². The number of hydrogen-bond donors (Lipinski definition) is 1. The van der Waals surface area contributed by atoms with Gasteiger partial charge in [-0.2, -0.15) is 0 Å². The van der Waals surface area contributed by atoms with Crippen molar-refractivity contribution in [3.63, 3.8) is 0 Å². The summed E-state index contributed by atoms with van der Waals surface area (Å²) in [5.74, 6) is -0.117. The van der Waals surface area contributed by atoms with Gasteiger partial charge in [0.1, 0.15) is 11.3 Å². The fraction of sp³-hybridized carbons (Fsp3) is 0.269. The molecule has 1 saturated heterocycles. The third-order valence-corrected chi connectivity index (χ3v) is 6.03. The highest BCUT2D eigenvalue weighted by atomic mass is 16.5. The molecule has 1 aromatic carbocycles. The quantitative estimate of drug-likeness (QED) is 0.494. The molecule has 1 fully saturated rings. The third-order valence-electron chi connectivity index (χ3n) is 6.03. The van der Waals surface area contributed by atoms with Gasteiger partial charge in [0.25, 0.3) is 5.91 Å². The largest absolute Gasteiger partial charge is 0.378 e. The maximum Gasteiger partial charge on any atom is 0.270 e. The zero-order valence-electron chi connectivity index (χ0n) is 18.7. The topological polar surface area (TPSA) is 71.8 Å². The number of rotatable bonds is 6. The third kappa shape index (κ3) is 4.45. The van der Waals surface area contributed by atoms with E-state index in [0.29, 0.717) is 18.7 Å². The summed E-state index contributed by atoms with van der Waals surface area (Å²) in [7, 11) is 0. The highest BCUT2D eigenvalue weighted by molar-refractivity contribution is 5.95. The number of hydrogen-bond acceptors (Lipinski definition) is 5. The van der Waals surface area contributed by atoms with Gasteiger partial charge in [0, 0.05) is 43.9 Å². The minimum absolute atomic E-state index is 0.117. The van der Waals surface area contributed by atoms with Gasteiger partial charge >= 0.3 is 0 Å². The first kappa shape index (κ1) is 21.2. The molecule has 0 unspecified atom stereocenters. The van der Waals surface area contributed by atoms with Gasteiger partial charge in [0.15, 0.2) is 0 Å². The van der Waals surface area contributed by atoms with Crippen molar-refractivity contribution >= 4 is 17.2 Å². The standard InChI is InChI=1S/C26H27N5O2/c1-2-23-25(31-12-9-21(17-24(31)29-23)20-7-10-27-11-8-20)26(32)28-18-19-3-5-22(6-4-19)30-13-15-33-16-14-30/h3-12,17H,2,13-16,18H2,1H3,(H,28,32). The van der Waals surface area contributed by atoms with E-state index in [-0.39, 0.29) is 5.91 Å². The summed E-state index contributed by atoms with van der Waals surface area (Å²) < 4.78 is 7.30. The van der Waals surface area contributed by atoms with E-state index in [1.165, 1.54) is 5.69 Å². The van der Waals surface area contributed by atoms with E-state index in [1.807, 2.05) is 41.8 Å². The first-order valence-electron chi connectivity index (χ1n) is 11.3. The Morgan fingerprint density at radius 3 is 2.52 bits per heavy atom. The Morgan fingerprint density at radius 2 is 1.79 bits per heavy atom. The van der Waals surface area contributed by atoms with Crippen molar-refractivity contribution in [3.05, 3.63) is 84.1 Å². The van der Waals surface area contributed by atoms with Gasteiger partial charge in [-0.15, -0.1) is 0 Å². The van der Waals surface area contributed by atoms with Crippen molar-refractivity contribution in [1.29, 1.82) is 0 Å². The van der Waals surface area contributed by atoms with Crippen LogP contribution in [0, 0.1) is 0 Å². The molecule has 33 heavy (non-hydrogen) atoms. The molecule has 3 aromatic heterocycles. The smallest absolute Gasteiger partial charge is 0.270 e. The molecule has 0 saturated carbocycles. The van der Waals surface area contributed by atoms with Gasteiger partial charge < -0.3 is 15.0 Å². The molecule has 4 aromatic rings. The number of morpholine rings is 1. The van der Waals surface area contributed by atoms with Crippen LogP contribution in [-0.2, 0) is 17.7 Å². The van der Waals surface area contributed by atoms with Crippen LogP contribution in [0.3, 0.4) is 0 Å². The van der Waals surface area contributed by atoms with E-state index in [4.69, 9.17) is 9.72 Å². The molecule has 7 nitrogen and oxygen atoms in total. The lowest BCUT2D eigenvalue weighted by Crippen LogP contribution is -2.36. The molecule has 7 heteroatoms. The summed E-state index contributed by atoms with van der Waals surface area (Å²) in [6.45, 7) is 5.84. The van der Waals surface area contributed by atoms with Crippen molar-refractivity contribution in [2.45, 2.75) is 19.9 Å². The molecule has 5 rings (SSSR count). The van der Waals surface area contributed by atoms with Crippen LogP contribution in [-0.4, -0.2) is 46.6 Å². The zero-order valence-corrected chi connectivity index (χ0v) is 18.7. The van der Waals surface area contributed by atoms with E-state index < -0.39 is 0 Å². The summed E-state index contributed by atoms with van der Waals surface area (Å²) >= 11 is 0. The van der Waals surface area contributed by atoms with E-state index in [0.717, 1.165) is 54.3 Å². The predicted molar refractivity (Wildman–Crippen MR) is 128 cm³/mol. The van der Waals surface area contributed by atoms with Gasteiger partial charge in [-0.3, -0.25) is 14.2 Å². The van der Waals surface area contributed by atoms with Crippen molar-refractivity contribution in [3.8, 4) is 11.1 Å². The lowest BCUT2D eigenvalue weighted by atomic mass is 10.1. The van der Waals surface area contributed by atoms with Crippen LogP contribution in [0.15, 0.2) is 67.1 Å². The van der Waals surface area contributed by atoms with Gasteiger partial charge in [-0.05, 0) is 59.5 Å². The number of anilines is 1. The second kappa shape index (κ2) is 9.42. The molecule has 1 aliphatic rings. The van der Waals surface area contributed by atoms with Crippen LogP contribution in [0.1, 0.15) is 28.7 Å². The highest BCUT2D eigenvalue weighted by Gasteiger charge is 2.19. The number of benzene rings is 1. The minimum atomic E-state index is -0.117. The van der Waals surface area contributed by atoms with Crippen molar-refractivity contribution in [2.75, 3.05) is 31.2 Å². The maximum absolute atomic E-state index is 13.1. The first-order chi connectivity index (χ1) is 16.2. The monoisotopic (exact) mass is 441 g/mol. The number of carbonyl (C=O) groups excluding carboxylic acids is 1. The van der Waals surface area contributed by atoms with Gasteiger partial charge in [-0.1, -0.05) is 19.1 Å². The second-order valence-electron chi connectivity index (χ2n) is 8.09. The van der Waals surface area contributed by atoms with Crippen molar-refractivity contribution in [2.24, 2.45) is 0 Å². The summed E-state index contributed by atoms with van der Waals surface area (Å²) in [5, 5.41) is 3.07. The lowest BCUT2D eigenvalue weighted by Gasteiger charge is -2.28. The van der Waals surface area contributed by atoms with Crippen molar-refractivity contribution < 1.29 is 9.53 Å². The SMILES string of the molecule is CCc1nc2cc(-c3ccncc3)ccn2c1C(=O)NCc1ccc(N2CCOCC2)cc1. The lowest BCUT2D eigenvalue weighted by molar-refractivity contribution is 0.0944. The number of carbonyl (C=O) groups is 1. The minimum Gasteiger partial charge on any atom is -0.378 e. The molecule has 1 N–H and O–H groups in total. The molecule has 1 amide bonds. The second-order valence-corrected chi connectivity index (χ2v) is 8.09. The van der Waals surface area contributed by atoms with Crippen LogP contribution in [0.2, 0.25) is 0 Å². The molecule has 0 atom stereocenters. The van der Waals surface area contributed by atoms with Crippen LogP contribution in [0.25, 0.3) is 16.8 Å². The van der Waals surface area contributed by atoms with Gasteiger partial charge in [0.05, 0.1) is 18.9 Å². The summed E-state index contributed by atoms with van der Waals surface area (Å²) in [6, 6.07) is 16.3. The molecular weight excluding hydrogens is 414 g/mol. The normalized spacial score (nSPS) is 13.9. The average molecular weight is 442 g/mol. The summed E-state index contributed by atoms with van der Waals surface area (Å²) in [4.78, 5) is 24.3. The van der Waals surface area contributed by atoms with Crippen LogP contribution in [0.4, 0.5) is 5.69 Å². The molecule has 4 heterocycles. The summed E-state index contributed by atoms with van der Waals surface area (Å²) in [5.41, 5.74) is 6.52. The Kier molecular flexibility index (Phi) is 6.04. The molecule has 0 bridgehead atoms. The van der Waals surface area contributed by atoms with Crippen LogP contribution in [0.5, 0.6) is 0 Å². The van der Waals surface area contributed by atoms with E-state index in [2.05, 4.69) is 39.5 Å². The number of aromatic nitrogens is 3. The Bertz CT molecular complexity index is 1250. The van der Waals surface area contributed by atoms with E-state index >= 15 is 0 Å². The first-order valence-corrected chi connectivity index (χ1v) is 11.3. The van der Waals surface area contributed by atoms with Crippen molar-refractivity contribution in [1.82, 2.24) is 19.7 Å². The van der Waals surface area contributed by atoms with Crippen LogP contribution < -0.4 is 10.2 Å². The van der Waals surface area contributed by atoms with Gasteiger partial charge in [-0.25, -0.2) is 4.98 Å². The number of amides is 1. The fourth-order valence-electron chi connectivity index (χ4n) is 4.22. The summed E-state index contributed by atoms with van der Waals surface area (Å²) in [6.07, 6.45) is 6.15. The fourth-order valence-corrected chi connectivity index (χ4v) is 4.22. The molecule has 0 spiro atoms. The number of nitrogens with zero attached hydrogens (tertiary/aromatic N) is 4. The average Bonchev–Trinajstić information content (AvgIpc) is 3.26. The molecule has 0 radical (unpaired) electrons. The molecule has 168 valence electrons. The Balaban J connectivity index is 1.32. The predicted octanol–water partition coefficient (Wildman–Crippen LogP) is 3.73. The number of imidazole rings is 1. The van der Waals surface area contributed by atoms with E-state index in [1.54, 1.807) is 12.4 Å². The number of aryl methyl sites for hydroxylation is 1. The van der Waals surface area contributed by atoms with Gasteiger partial charge in [0.2, 0.25) is 0 Å². The highest BCUT2D eigenvalue weighted by Crippen LogP contribution is 2.22. The zero-order chi connectivity index (χ0) is 22.6. The number of pyridine rings is 2. The number of nitrogens with one attached hydrogen (secondary N) is 1. The molecular formula is C26H27N5O2. The number of ether oxygens (including phenoxy) is 1. The molecule has 1 aliphatic heterocycles. The number of fused-ring (bicyclic) bond motifs is 1. The Morgan fingerprint density at radius 1 is 1.03 bits per heavy atom. The van der Waals surface area contributed by atoms with E-state index in [9.17, 15) is 4.79 Å². The molecule has 0 aliphatic carbocycles.